The van der Waals surface area contributed by atoms with E-state index in [1.54, 1.807) is 0 Å². The molecule has 1 aromatic carbocycles. The normalized spacial score (nSPS) is 16.0. The van der Waals surface area contributed by atoms with Gasteiger partial charge in [0.1, 0.15) is 22.2 Å². The highest BCUT2D eigenvalue weighted by molar-refractivity contribution is 7.89. The van der Waals surface area contributed by atoms with Crippen LogP contribution in [0.3, 0.4) is 0 Å². The van der Waals surface area contributed by atoms with Gasteiger partial charge in [0.05, 0.1) is 12.2 Å². The topological polar surface area (TPSA) is 83.8 Å². The number of rotatable bonds is 5. The summed E-state index contributed by atoms with van der Waals surface area (Å²) < 4.78 is 55.7. The maximum absolute atomic E-state index is 13.9. The zero-order chi connectivity index (χ0) is 22.2. The fourth-order valence-electron chi connectivity index (χ4n) is 3.78. The van der Waals surface area contributed by atoms with Gasteiger partial charge in [0.25, 0.3) is 0 Å². The molecule has 1 saturated heterocycles. The van der Waals surface area contributed by atoms with Crippen LogP contribution in [-0.4, -0.2) is 41.1 Å². The third-order valence-corrected chi connectivity index (χ3v) is 7.44. The van der Waals surface area contributed by atoms with Gasteiger partial charge in [0.2, 0.25) is 15.9 Å². The molecule has 1 fully saturated rings. The number of imidazole rings is 1. The first kappa shape index (κ1) is 21.4. The third-order valence-electron chi connectivity index (χ3n) is 5.53. The highest BCUT2D eigenvalue weighted by Crippen LogP contribution is 2.26. The molecule has 0 atom stereocenters. The second kappa shape index (κ2) is 8.35. The number of aryl methyl sites for hydroxylation is 1. The summed E-state index contributed by atoms with van der Waals surface area (Å²) in [5, 5.41) is 2.86. The Labute approximate surface area is 178 Å². The fourth-order valence-corrected chi connectivity index (χ4v) is 5.32. The van der Waals surface area contributed by atoms with Crippen molar-refractivity contribution in [3.8, 4) is 0 Å². The van der Waals surface area contributed by atoms with E-state index in [2.05, 4.69) is 10.3 Å². The predicted octanol–water partition coefficient (Wildman–Crippen LogP) is 2.64. The number of benzene rings is 1. The minimum Gasteiger partial charge on any atom is -0.350 e. The molecule has 164 valence electrons. The summed E-state index contributed by atoms with van der Waals surface area (Å²) >= 11 is 0. The van der Waals surface area contributed by atoms with E-state index in [-0.39, 0.29) is 31.5 Å². The average Bonchev–Trinajstić information content (AvgIpc) is 3.18. The van der Waals surface area contributed by atoms with Crippen LogP contribution in [0, 0.1) is 24.5 Å². The van der Waals surface area contributed by atoms with E-state index in [4.69, 9.17) is 0 Å². The first-order chi connectivity index (χ1) is 14.8. The molecule has 31 heavy (non-hydrogen) atoms. The fraction of sp³-hybridized carbons (Fsp3) is 0.333. The molecule has 0 radical (unpaired) electrons. The number of nitrogens with one attached hydrogen (secondary N) is 1. The number of pyridine rings is 1. The van der Waals surface area contributed by atoms with Crippen LogP contribution >= 0.6 is 0 Å². The first-order valence-corrected chi connectivity index (χ1v) is 11.4. The third kappa shape index (κ3) is 4.31. The molecule has 1 aliphatic rings. The lowest BCUT2D eigenvalue weighted by Gasteiger charge is -2.30. The van der Waals surface area contributed by atoms with E-state index in [0.29, 0.717) is 18.9 Å². The minimum absolute atomic E-state index is 0.0595. The molecule has 7 nitrogen and oxygen atoms in total. The van der Waals surface area contributed by atoms with Gasteiger partial charge in [0.15, 0.2) is 0 Å². The van der Waals surface area contributed by atoms with Crippen molar-refractivity contribution in [2.75, 3.05) is 13.1 Å². The summed E-state index contributed by atoms with van der Waals surface area (Å²) in [5.74, 6) is -2.36. The second-order valence-electron chi connectivity index (χ2n) is 7.60. The van der Waals surface area contributed by atoms with Crippen molar-refractivity contribution in [2.24, 2.45) is 5.92 Å². The van der Waals surface area contributed by atoms with Crippen LogP contribution < -0.4 is 5.32 Å². The van der Waals surface area contributed by atoms with Crippen LogP contribution in [0.15, 0.2) is 47.5 Å². The molecule has 3 aromatic rings. The monoisotopic (exact) mass is 448 g/mol. The standard InChI is InChI=1S/C21H22F2N4O3S/c1-14-3-2-4-20-25-17(13-27(14)20)12-24-21(28)15-7-9-26(10-8-15)31(29,30)19-11-16(22)5-6-18(19)23/h2-6,11,13,15H,7-10,12H2,1H3,(H,24,28). The zero-order valence-electron chi connectivity index (χ0n) is 16.9. The summed E-state index contributed by atoms with van der Waals surface area (Å²) in [5.41, 5.74) is 2.56. The molecule has 0 unspecified atom stereocenters. The smallest absolute Gasteiger partial charge is 0.246 e. The van der Waals surface area contributed by atoms with Gasteiger partial charge in [-0.3, -0.25) is 4.79 Å². The highest BCUT2D eigenvalue weighted by Gasteiger charge is 2.33. The van der Waals surface area contributed by atoms with Gasteiger partial charge >= 0.3 is 0 Å². The van der Waals surface area contributed by atoms with Crippen molar-refractivity contribution >= 4 is 21.6 Å². The van der Waals surface area contributed by atoms with E-state index < -0.39 is 26.6 Å². The lowest BCUT2D eigenvalue weighted by Crippen LogP contribution is -2.43. The van der Waals surface area contributed by atoms with Gasteiger partial charge in [-0.25, -0.2) is 22.2 Å². The quantitative estimate of drug-likeness (QED) is 0.651. The number of fused-ring (bicyclic) bond motifs is 1. The Hall–Kier alpha value is -2.85. The van der Waals surface area contributed by atoms with Crippen LogP contribution in [0.5, 0.6) is 0 Å². The number of hydrogen-bond acceptors (Lipinski definition) is 4. The molecular formula is C21H22F2N4O3S. The number of sulfonamides is 1. The Morgan fingerprint density at radius 2 is 1.94 bits per heavy atom. The van der Waals surface area contributed by atoms with Gasteiger partial charge in [0, 0.05) is 30.9 Å². The number of piperidine rings is 1. The van der Waals surface area contributed by atoms with Gasteiger partial charge in [-0.2, -0.15) is 4.31 Å². The van der Waals surface area contributed by atoms with Gasteiger partial charge in [-0.15, -0.1) is 0 Å². The molecule has 1 aliphatic heterocycles. The lowest BCUT2D eigenvalue weighted by molar-refractivity contribution is -0.126. The Morgan fingerprint density at radius 1 is 1.19 bits per heavy atom. The molecule has 1 amide bonds. The Bertz CT molecular complexity index is 1230. The Morgan fingerprint density at radius 3 is 2.65 bits per heavy atom. The van der Waals surface area contributed by atoms with Crippen molar-refractivity contribution in [2.45, 2.75) is 31.2 Å². The molecular weight excluding hydrogens is 426 g/mol. The summed E-state index contributed by atoms with van der Waals surface area (Å²) in [6.45, 7) is 2.36. The molecule has 0 aliphatic carbocycles. The summed E-state index contributed by atoms with van der Waals surface area (Å²) in [7, 11) is -4.16. The minimum atomic E-state index is -4.16. The van der Waals surface area contributed by atoms with Crippen LogP contribution in [0.2, 0.25) is 0 Å². The van der Waals surface area contributed by atoms with E-state index in [9.17, 15) is 22.0 Å². The summed E-state index contributed by atoms with van der Waals surface area (Å²) in [6, 6.07) is 8.11. The van der Waals surface area contributed by atoms with E-state index >= 15 is 0 Å². The number of carbonyl (C=O) groups is 1. The van der Waals surface area contributed by atoms with Crippen molar-refractivity contribution in [1.29, 1.82) is 0 Å². The predicted molar refractivity (Wildman–Crippen MR) is 110 cm³/mol. The molecule has 10 heteroatoms. The van der Waals surface area contributed by atoms with Crippen molar-refractivity contribution in [3.05, 3.63) is 65.6 Å². The Balaban J connectivity index is 1.36. The summed E-state index contributed by atoms with van der Waals surface area (Å²) in [4.78, 5) is 16.4. The average molecular weight is 448 g/mol. The number of amides is 1. The van der Waals surface area contributed by atoms with Crippen LogP contribution in [-0.2, 0) is 21.4 Å². The number of hydrogen-bond donors (Lipinski definition) is 1. The largest absolute Gasteiger partial charge is 0.350 e. The van der Waals surface area contributed by atoms with Gasteiger partial charge < -0.3 is 9.72 Å². The van der Waals surface area contributed by atoms with Gasteiger partial charge in [-0.05, 0) is 50.1 Å². The molecule has 2 aromatic heterocycles. The highest BCUT2D eigenvalue weighted by atomic mass is 32.2. The first-order valence-electron chi connectivity index (χ1n) is 9.92. The van der Waals surface area contributed by atoms with Crippen LogP contribution in [0.1, 0.15) is 24.2 Å². The molecule has 0 bridgehead atoms. The molecule has 1 N–H and O–H groups in total. The zero-order valence-corrected chi connectivity index (χ0v) is 17.7. The molecule has 0 saturated carbocycles. The molecule has 4 rings (SSSR count). The lowest BCUT2D eigenvalue weighted by atomic mass is 9.97. The number of carbonyl (C=O) groups excluding carboxylic acids is 1. The number of nitrogens with zero attached hydrogens (tertiary/aromatic N) is 3. The van der Waals surface area contributed by atoms with E-state index in [1.807, 2.05) is 35.7 Å². The van der Waals surface area contributed by atoms with Crippen LogP contribution in [0.25, 0.3) is 5.65 Å². The maximum atomic E-state index is 13.9. The number of aromatic nitrogens is 2. The number of halogens is 2. The van der Waals surface area contributed by atoms with Crippen molar-refractivity contribution in [3.63, 3.8) is 0 Å². The maximum Gasteiger partial charge on any atom is 0.246 e. The second-order valence-corrected chi connectivity index (χ2v) is 9.50. The van der Waals surface area contributed by atoms with Crippen molar-refractivity contribution < 1.29 is 22.0 Å². The Kier molecular flexibility index (Phi) is 5.76. The van der Waals surface area contributed by atoms with E-state index in [1.165, 1.54) is 0 Å². The molecule has 3 heterocycles. The SMILES string of the molecule is Cc1cccc2nc(CNC(=O)C3CCN(S(=O)(=O)c4cc(F)ccc4F)CC3)cn12. The van der Waals surface area contributed by atoms with E-state index in [0.717, 1.165) is 33.5 Å². The summed E-state index contributed by atoms with van der Waals surface area (Å²) in [6.07, 6.45) is 2.46. The van der Waals surface area contributed by atoms with Gasteiger partial charge in [-0.1, -0.05) is 6.07 Å². The molecule has 0 spiro atoms. The van der Waals surface area contributed by atoms with Crippen LogP contribution in [0.4, 0.5) is 8.78 Å². The van der Waals surface area contributed by atoms with Crippen molar-refractivity contribution in [1.82, 2.24) is 19.0 Å².